The molecule has 1 saturated heterocycles. The number of hydrogen-bond donors (Lipinski definition) is 1. The summed E-state index contributed by atoms with van der Waals surface area (Å²) in [6, 6.07) is 12.8. The second kappa shape index (κ2) is 7.56. The van der Waals surface area contributed by atoms with E-state index in [2.05, 4.69) is 0 Å². The normalized spacial score (nSPS) is 17.9. The van der Waals surface area contributed by atoms with Crippen LogP contribution in [0.4, 0.5) is 11.4 Å². The predicted molar refractivity (Wildman–Crippen MR) is 113 cm³/mol. The molecule has 0 bridgehead atoms. The molecule has 0 aliphatic carbocycles. The summed E-state index contributed by atoms with van der Waals surface area (Å²) in [5.74, 6) is -1.78. The molecule has 31 heavy (non-hydrogen) atoms. The zero-order valence-electron chi connectivity index (χ0n) is 16.7. The van der Waals surface area contributed by atoms with Crippen LogP contribution < -0.4 is 4.90 Å². The molecular formula is C23H18N2O6. The van der Waals surface area contributed by atoms with Crippen LogP contribution in [-0.4, -0.2) is 21.7 Å². The number of carbonyl (C=O) groups is 2. The fourth-order valence-corrected chi connectivity index (χ4v) is 3.69. The first-order valence-electron chi connectivity index (χ1n) is 9.46. The first-order valence-corrected chi connectivity index (χ1v) is 9.46. The number of benzene rings is 2. The van der Waals surface area contributed by atoms with E-state index in [0.717, 1.165) is 11.1 Å². The minimum absolute atomic E-state index is 0.144. The zero-order valence-corrected chi connectivity index (χ0v) is 16.7. The summed E-state index contributed by atoms with van der Waals surface area (Å²) >= 11 is 0. The third-order valence-corrected chi connectivity index (χ3v) is 5.44. The average molecular weight is 418 g/mol. The van der Waals surface area contributed by atoms with Crippen LogP contribution in [-0.2, 0) is 9.59 Å². The van der Waals surface area contributed by atoms with Gasteiger partial charge in [0.1, 0.15) is 17.6 Å². The molecule has 2 aromatic carbocycles. The Kier molecular flexibility index (Phi) is 4.90. The van der Waals surface area contributed by atoms with E-state index in [1.165, 1.54) is 35.4 Å². The Hall–Kier alpha value is -4.20. The highest BCUT2D eigenvalue weighted by molar-refractivity contribution is 6.51. The standard InChI is InChI=1S/C23H18N2O6/c1-13-5-3-6-17(14(13)2)24-20(18-7-4-12-31-18)19(22(27)23(24)28)21(26)15-8-10-16(11-9-15)25(29)30/h3-12,20,26H,1-2H3/b21-19-. The lowest BCUT2D eigenvalue weighted by Crippen LogP contribution is -2.30. The number of hydrogen-bond acceptors (Lipinski definition) is 6. The van der Waals surface area contributed by atoms with Crippen LogP contribution in [0.15, 0.2) is 70.9 Å². The molecule has 1 aliphatic heterocycles. The molecule has 8 nitrogen and oxygen atoms in total. The fourth-order valence-electron chi connectivity index (χ4n) is 3.69. The maximum Gasteiger partial charge on any atom is 0.300 e. The SMILES string of the molecule is Cc1cccc(N2C(=O)C(=O)/C(=C(\O)c3ccc([N+](=O)[O-])cc3)C2c2ccco2)c1C. The van der Waals surface area contributed by atoms with Gasteiger partial charge >= 0.3 is 0 Å². The number of amides is 1. The van der Waals surface area contributed by atoms with Crippen molar-refractivity contribution in [2.45, 2.75) is 19.9 Å². The van der Waals surface area contributed by atoms with Crippen LogP contribution in [0.1, 0.15) is 28.5 Å². The molecule has 3 aromatic rings. The van der Waals surface area contributed by atoms with Crippen LogP contribution in [0.2, 0.25) is 0 Å². The summed E-state index contributed by atoms with van der Waals surface area (Å²) in [5.41, 5.74) is 2.17. The molecule has 156 valence electrons. The largest absolute Gasteiger partial charge is 0.507 e. The number of nitro benzene ring substituents is 1. The van der Waals surface area contributed by atoms with Gasteiger partial charge in [-0.1, -0.05) is 12.1 Å². The Labute approximate surface area is 177 Å². The van der Waals surface area contributed by atoms with Gasteiger partial charge < -0.3 is 9.52 Å². The molecule has 8 heteroatoms. The molecule has 0 saturated carbocycles. The lowest BCUT2D eigenvalue weighted by molar-refractivity contribution is -0.384. The lowest BCUT2D eigenvalue weighted by Gasteiger charge is -2.25. The number of carbonyl (C=O) groups excluding carboxylic acids is 2. The number of nitrogens with zero attached hydrogens (tertiary/aromatic N) is 2. The summed E-state index contributed by atoms with van der Waals surface area (Å²) in [7, 11) is 0. The van der Waals surface area contributed by atoms with E-state index in [1.807, 2.05) is 19.9 Å². The van der Waals surface area contributed by atoms with E-state index < -0.39 is 28.4 Å². The average Bonchev–Trinajstić information content (AvgIpc) is 3.37. The van der Waals surface area contributed by atoms with Gasteiger partial charge in [0, 0.05) is 23.4 Å². The minimum atomic E-state index is -0.981. The van der Waals surface area contributed by atoms with Crippen molar-refractivity contribution in [1.82, 2.24) is 0 Å². The molecule has 1 N–H and O–H groups in total. The number of anilines is 1. The Morgan fingerprint density at radius 1 is 1.06 bits per heavy atom. The van der Waals surface area contributed by atoms with Crippen molar-refractivity contribution in [3.8, 4) is 0 Å². The van der Waals surface area contributed by atoms with Crippen LogP contribution in [0.5, 0.6) is 0 Å². The minimum Gasteiger partial charge on any atom is -0.507 e. The van der Waals surface area contributed by atoms with Crippen LogP contribution in [0.3, 0.4) is 0 Å². The topological polar surface area (TPSA) is 114 Å². The number of ketones is 1. The number of rotatable bonds is 4. The Morgan fingerprint density at radius 3 is 2.39 bits per heavy atom. The Morgan fingerprint density at radius 2 is 1.77 bits per heavy atom. The number of furan rings is 1. The van der Waals surface area contributed by atoms with Crippen molar-refractivity contribution in [1.29, 1.82) is 0 Å². The van der Waals surface area contributed by atoms with Gasteiger partial charge in [0.2, 0.25) is 0 Å². The van der Waals surface area contributed by atoms with Crippen molar-refractivity contribution in [3.05, 3.63) is 99.0 Å². The monoisotopic (exact) mass is 418 g/mol. The van der Waals surface area contributed by atoms with Gasteiger partial charge in [0.25, 0.3) is 17.4 Å². The number of Topliss-reactive ketones (excluding diaryl/α,β-unsaturated/α-hetero) is 1. The van der Waals surface area contributed by atoms with Gasteiger partial charge in [-0.2, -0.15) is 0 Å². The highest BCUT2D eigenvalue weighted by Crippen LogP contribution is 2.43. The van der Waals surface area contributed by atoms with Crippen molar-refractivity contribution < 1.29 is 24.0 Å². The predicted octanol–water partition coefficient (Wildman–Crippen LogP) is 4.43. The molecule has 1 aliphatic rings. The highest BCUT2D eigenvalue weighted by atomic mass is 16.6. The van der Waals surface area contributed by atoms with E-state index in [1.54, 1.807) is 24.3 Å². The van der Waals surface area contributed by atoms with Gasteiger partial charge in [0.15, 0.2) is 0 Å². The summed E-state index contributed by atoms with van der Waals surface area (Å²) in [6.45, 7) is 3.74. The highest BCUT2D eigenvalue weighted by Gasteiger charge is 2.48. The van der Waals surface area contributed by atoms with Crippen molar-refractivity contribution in [3.63, 3.8) is 0 Å². The summed E-state index contributed by atoms with van der Waals surface area (Å²) in [5, 5.41) is 21.9. The first kappa shape index (κ1) is 20.1. The van der Waals surface area contributed by atoms with Gasteiger partial charge in [-0.05, 0) is 55.3 Å². The zero-order chi connectivity index (χ0) is 22.3. The molecule has 2 heterocycles. The summed E-state index contributed by atoms with van der Waals surface area (Å²) in [4.78, 5) is 37.8. The number of aliphatic hydroxyl groups is 1. The summed E-state index contributed by atoms with van der Waals surface area (Å²) in [6.07, 6.45) is 1.42. The van der Waals surface area contributed by atoms with Crippen molar-refractivity contribution >= 4 is 28.8 Å². The first-order chi connectivity index (χ1) is 14.8. The van der Waals surface area contributed by atoms with Gasteiger partial charge in [-0.3, -0.25) is 24.6 Å². The van der Waals surface area contributed by atoms with Gasteiger partial charge in [-0.25, -0.2) is 0 Å². The maximum absolute atomic E-state index is 13.1. The molecule has 1 atom stereocenters. The summed E-state index contributed by atoms with van der Waals surface area (Å²) < 4.78 is 5.52. The molecule has 1 fully saturated rings. The van der Waals surface area contributed by atoms with E-state index in [9.17, 15) is 24.8 Å². The van der Waals surface area contributed by atoms with E-state index >= 15 is 0 Å². The van der Waals surface area contributed by atoms with Gasteiger partial charge in [0.05, 0.1) is 16.8 Å². The number of non-ortho nitro benzene ring substituents is 1. The second-order valence-electron chi connectivity index (χ2n) is 7.21. The van der Waals surface area contributed by atoms with Crippen molar-refractivity contribution in [2.24, 2.45) is 0 Å². The number of aryl methyl sites for hydroxylation is 1. The van der Waals surface area contributed by atoms with Crippen LogP contribution >= 0.6 is 0 Å². The second-order valence-corrected chi connectivity index (χ2v) is 7.21. The maximum atomic E-state index is 13.1. The van der Waals surface area contributed by atoms with E-state index in [-0.39, 0.29) is 16.8 Å². The number of nitro groups is 1. The Balaban J connectivity index is 1.92. The molecule has 0 radical (unpaired) electrons. The molecule has 1 aromatic heterocycles. The Bertz CT molecular complexity index is 1230. The van der Waals surface area contributed by atoms with Crippen LogP contribution in [0, 0.1) is 24.0 Å². The number of aliphatic hydroxyl groups excluding tert-OH is 1. The molecule has 1 amide bonds. The fraction of sp³-hybridized carbons (Fsp3) is 0.130. The smallest absolute Gasteiger partial charge is 0.300 e. The molecule has 0 spiro atoms. The van der Waals surface area contributed by atoms with E-state index in [0.29, 0.717) is 11.4 Å². The molecular weight excluding hydrogens is 400 g/mol. The quantitative estimate of drug-likeness (QED) is 0.220. The third-order valence-electron chi connectivity index (χ3n) is 5.44. The third kappa shape index (κ3) is 3.28. The molecule has 4 rings (SSSR count). The lowest BCUT2D eigenvalue weighted by atomic mass is 9.98. The molecule has 1 unspecified atom stereocenters. The van der Waals surface area contributed by atoms with Gasteiger partial charge in [-0.15, -0.1) is 0 Å². The van der Waals surface area contributed by atoms with Crippen LogP contribution in [0.25, 0.3) is 5.76 Å². The van der Waals surface area contributed by atoms with Crippen molar-refractivity contribution in [2.75, 3.05) is 4.90 Å². The van der Waals surface area contributed by atoms with E-state index in [4.69, 9.17) is 4.42 Å².